The fourth-order valence-corrected chi connectivity index (χ4v) is 1.39. The minimum Gasteiger partial charge on any atom is -0.444 e. The van der Waals surface area contributed by atoms with Gasteiger partial charge in [-0.3, -0.25) is 10.1 Å². The Hall–Kier alpha value is -2.37. The first-order valence-electron chi connectivity index (χ1n) is 6.14. The van der Waals surface area contributed by atoms with E-state index in [1.54, 1.807) is 45.0 Å². The monoisotopic (exact) mass is 278 g/mol. The predicted octanol–water partition coefficient (Wildman–Crippen LogP) is 2.56. The second-order valence-electron chi connectivity index (χ2n) is 5.09. The van der Waals surface area contributed by atoms with Crippen molar-refractivity contribution in [3.63, 3.8) is 0 Å². The molecule has 2 amide bonds. The standard InChI is InChI=1S/C14H18N2O4/c1-14(2,3)20-13(19)16-11-7-5-4-6-10(11)15-12(18)8-9-17/h4-7,9H,8H2,1-3H3,(H,15,18)(H,16,19). The van der Waals surface area contributed by atoms with Crippen LogP contribution in [0.4, 0.5) is 16.2 Å². The molecule has 0 radical (unpaired) electrons. The number of aldehydes is 1. The van der Waals surface area contributed by atoms with Gasteiger partial charge in [0, 0.05) is 0 Å². The molecule has 0 atom stereocenters. The van der Waals surface area contributed by atoms with E-state index in [1.807, 2.05) is 0 Å². The molecule has 6 heteroatoms. The van der Waals surface area contributed by atoms with Crippen molar-refractivity contribution >= 4 is 29.7 Å². The third-order valence-electron chi connectivity index (χ3n) is 2.11. The second-order valence-corrected chi connectivity index (χ2v) is 5.09. The van der Waals surface area contributed by atoms with Gasteiger partial charge in [-0.2, -0.15) is 0 Å². The van der Waals surface area contributed by atoms with Crippen molar-refractivity contribution < 1.29 is 19.1 Å². The van der Waals surface area contributed by atoms with Gasteiger partial charge in [-0.25, -0.2) is 4.79 Å². The molecule has 20 heavy (non-hydrogen) atoms. The molecule has 0 saturated carbocycles. The van der Waals surface area contributed by atoms with Gasteiger partial charge in [0.05, 0.1) is 17.8 Å². The number of amides is 2. The van der Waals surface area contributed by atoms with Gasteiger partial charge in [0.15, 0.2) is 0 Å². The van der Waals surface area contributed by atoms with Crippen molar-refractivity contribution in [1.29, 1.82) is 0 Å². The molecule has 1 aromatic carbocycles. The van der Waals surface area contributed by atoms with E-state index in [4.69, 9.17) is 4.74 Å². The Bertz CT molecular complexity index is 506. The van der Waals surface area contributed by atoms with E-state index < -0.39 is 17.6 Å². The third-order valence-corrected chi connectivity index (χ3v) is 2.11. The van der Waals surface area contributed by atoms with Crippen molar-refractivity contribution in [1.82, 2.24) is 0 Å². The average Bonchev–Trinajstić information content (AvgIpc) is 2.29. The van der Waals surface area contributed by atoms with E-state index in [1.165, 1.54) is 0 Å². The van der Waals surface area contributed by atoms with E-state index in [0.29, 0.717) is 17.7 Å². The molecule has 0 aliphatic rings. The van der Waals surface area contributed by atoms with E-state index in [-0.39, 0.29) is 6.42 Å². The zero-order valence-electron chi connectivity index (χ0n) is 11.7. The maximum Gasteiger partial charge on any atom is 0.412 e. The van der Waals surface area contributed by atoms with E-state index >= 15 is 0 Å². The van der Waals surface area contributed by atoms with Crippen LogP contribution in [0.15, 0.2) is 24.3 Å². The molecule has 0 bridgehead atoms. The second kappa shape index (κ2) is 6.70. The SMILES string of the molecule is CC(C)(C)OC(=O)Nc1ccccc1NC(=O)CC=O. The van der Waals surface area contributed by atoms with Crippen LogP contribution in [-0.2, 0) is 14.3 Å². The Balaban J connectivity index is 2.77. The first-order chi connectivity index (χ1) is 9.31. The molecule has 0 heterocycles. The first kappa shape index (κ1) is 15.7. The smallest absolute Gasteiger partial charge is 0.412 e. The number of rotatable bonds is 4. The fourth-order valence-electron chi connectivity index (χ4n) is 1.39. The van der Waals surface area contributed by atoms with Crippen molar-refractivity contribution in [2.45, 2.75) is 32.8 Å². The lowest BCUT2D eigenvalue weighted by Gasteiger charge is -2.20. The predicted molar refractivity (Wildman–Crippen MR) is 75.6 cm³/mol. The summed E-state index contributed by atoms with van der Waals surface area (Å²) >= 11 is 0. The highest BCUT2D eigenvalue weighted by atomic mass is 16.6. The molecule has 108 valence electrons. The summed E-state index contributed by atoms with van der Waals surface area (Å²) in [6.07, 6.45) is -0.338. The summed E-state index contributed by atoms with van der Waals surface area (Å²) < 4.78 is 5.13. The third kappa shape index (κ3) is 5.51. The molecule has 0 aliphatic carbocycles. The van der Waals surface area contributed by atoms with Gasteiger partial charge >= 0.3 is 6.09 Å². The highest BCUT2D eigenvalue weighted by Crippen LogP contribution is 2.22. The van der Waals surface area contributed by atoms with Crippen molar-refractivity contribution in [2.75, 3.05) is 10.6 Å². The van der Waals surface area contributed by atoms with Crippen LogP contribution in [0.1, 0.15) is 27.2 Å². The van der Waals surface area contributed by atoms with Crippen LogP contribution in [0.3, 0.4) is 0 Å². The van der Waals surface area contributed by atoms with Gasteiger partial charge in [-0.1, -0.05) is 12.1 Å². The van der Waals surface area contributed by atoms with Gasteiger partial charge in [0.25, 0.3) is 0 Å². The van der Waals surface area contributed by atoms with E-state index in [0.717, 1.165) is 0 Å². The molecule has 0 spiro atoms. The van der Waals surface area contributed by atoms with E-state index in [9.17, 15) is 14.4 Å². The Labute approximate surface area is 117 Å². The maximum absolute atomic E-state index is 11.7. The number of ether oxygens (including phenoxy) is 1. The fraction of sp³-hybridized carbons (Fsp3) is 0.357. The summed E-state index contributed by atoms with van der Waals surface area (Å²) in [7, 11) is 0. The molecule has 0 aliphatic heterocycles. The zero-order chi connectivity index (χ0) is 15.2. The topological polar surface area (TPSA) is 84.5 Å². The Morgan fingerprint density at radius 2 is 1.70 bits per heavy atom. The van der Waals surface area contributed by atoms with Crippen molar-refractivity contribution in [3.05, 3.63) is 24.3 Å². The van der Waals surface area contributed by atoms with Gasteiger partial charge in [0.2, 0.25) is 5.91 Å². The largest absolute Gasteiger partial charge is 0.444 e. The molecule has 0 saturated heterocycles. The quantitative estimate of drug-likeness (QED) is 0.654. The summed E-state index contributed by atoms with van der Waals surface area (Å²) in [6.45, 7) is 5.26. The number of benzene rings is 1. The molecule has 6 nitrogen and oxygen atoms in total. The number of nitrogens with one attached hydrogen (secondary N) is 2. The molecule has 2 N–H and O–H groups in total. The molecular weight excluding hydrogens is 260 g/mol. The first-order valence-corrected chi connectivity index (χ1v) is 6.14. The summed E-state index contributed by atoms with van der Waals surface area (Å²) in [5.74, 6) is -0.446. The van der Waals surface area contributed by atoms with Crippen LogP contribution >= 0.6 is 0 Å². The van der Waals surface area contributed by atoms with Crippen LogP contribution in [0.2, 0.25) is 0 Å². The molecule has 0 unspecified atom stereocenters. The lowest BCUT2D eigenvalue weighted by Crippen LogP contribution is -2.27. The van der Waals surface area contributed by atoms with Crippen LogP contribution in [0.25, 0.3) is 0 Å². The minimum absolute atomic E-state index is 0.235. The van der Waals surface area contributed by atoms with Crippen LogP contribution < -0.4 is 10.6 Å². The number of anilines is 2. The van der Waals surface area contributed by atoms with Crippen LogP contribution in [0.5, 0.6) is 0 Å². The lowest BCUT2D eigenvalue weighted by atomic mass is 10.2. The molecule has 0 fully saturated rings. The Kier molecular flexibility index (Phi) is 5.25. The van der Waals surface area contributed by atoms with Gasteiger partial charge in [-0.15, -0.1) is 0 Å². The molecule has 1 rings (SSSR count). The lowest BCUT2D eigenvalue weighted by molar-refractivity contribution is -0.120. The molecular formula is C14H18N2O4. The van der Waals surface area contributed by atoms with Gasteiger partial charge < -0.3 is 14.8 Å². The van der Waals surface area contributed by atoms with Gasteiger partial charge in [-0.05, 0) is 32.9 Å². The highest BCUT2D eigenvalue weighted by Gasteiger charge is 2.17. The number of hydrogen-bond donors (Lipinski definition) is 2. The van der Waals surface area contributed by atoms with Gasteiger partial charge in [0.1, 0.15) is 11.9 Å². The van der Waals surface area contributed by atoms with E-state index in [2.05, 4.69) is 10.6 Å². The summed E-state index contributed by atoms with van der Waals surface area (Å²) in [5, 5.41) is 5.09. The Morgan fingerprint density at radius 1 is 1.15 bits per heavy atom. The number of carbonyl (C=O) groups is 3. The highest BCUT2D eigenvalue weighted by molar-refractivity contribution is 6.01. The summed E-state index contributed by atoms with van der Waals surface area (Å²) in [5.41, 5.74) is 0.200. The number of carbonyl (C=O) groups excluding carboxylic acids is 3. The summed E-state index contributed by atoms with van der Waals surface area (Å²) in [4.78, 5) is 33.4. The summed E-state index contributed by atoms with van der Waals surface area (Å²) in [6, 6.07) is 6.66. The zero-order valence-corrected chi connectivity index (χ0v) is 11.7. The van der Waals surface area contributed by atoms with Crippen LogP contribution in [0, 0.1) is 0 Å². The number of hydrogen-bond acceptors (Lipinski definition) is 4. The average molecular weight is 278 g/mol. The molecule has 1 aromatic rings. The van der Waals surface area contributed by atoms with Crippen molar-refractivity contribution in [2.24, 2.45) is 0 Å². The van der Waals surface area contributed by atoms with Crippen LogP contribution in [-0.4, -0.2) is 23.9 Å². The minimum atomic E-state index is -0.616. The molecule has 0 aromatic heterocycles. The number of para-hydroxylation sites is 2. The van der Waals surface area contributed by atoms with Crippen molar-refractivity contribution in [3.8, 4) is 0 Å². The Morgan fingerprint density at radius 3 is 2.20 bits per heavy atom. The maximum atomic E-state index is 11.7. The normalized spacial score (nSPS) is 10.6.